The Hall–Kier alpha value is -2.78. The lowest BCUT2D eigenvalue weighted by atomic mass is 9.85. The van der Waals surface area contributed by atoms with Gasteiger partial charge in [-0.1, -0.05) is 53.0 Å². The topological polar surface area (TPSA) is 117 Å². The fourth-order valence-corrected chi connectivity index (χ4v) is 4.80. The third-order valence-corrected chi connectivity index (χ3v) is 7.08. The molecule has 0 bridgehead atoms. The number of carbonyl (C=O) groups is 1. The summed E-state index contributed by atoms with van der Waals surface area (Å²) in [6, 6.07) is 8.23. The Morgan fingerprint density at radius 3 is 2.11 bits per heavy atom. The highest BCUT2D eigenvalue weighted by Crippen LogP contribution is 2.41. The number of amides is 1. The van der Waals surface area contributed by atoms with Gasteiger partial charge in [0.1, 0.15) is 5.75 Å². The number of hydrogen-bond acceptors (Lipinski definition) is 6. The number of sulfonamides is 1. The summed E-state index contributed by atoms with van der Waals surface area (Å²) in [7, 11) is 0.794. The molecule has 1 amide bonds. The summed E-state index contributed by atoms with van der Waals surface area (Å²) in [6.07, 6.45) is 3.99. The van der Waals surface area contributed by atoms with Crippen LogP contribution in [0.4, 0.5) is 5.69 Å². The molecule has 0 fully saturated rings. The van der Waals surface area contributed by atoms with E-state index in [1.54, 1.807) is 33.5 Å². The van der Waals surface area contributed by atoms with Crippen molar-refractivity contribution in [1.82, 2.24) is 0 Å². The van der Waals surface area contributed by atoms with E-state index in [4.69, 9.17) is 19.3 Å². The Bertz CT molecular complexity index is 1160. The van der Waals surface area contributed by atoms with Gasteiger partial charge in [0, 0.05) is 23.7 Å². The van der Waals surface area contributed by atoms with Crippen molar-refractivity contribution in [3.63, 3.8) is 0 Å². The second kappa shape index (κ2) is 12.5. The van der Waals surface area contributed by atoms with Crippen LogP contribution in [0.2, 0.25) is 0 Å². The number of ether oxygens (including phenoxy) is 3. The van der Waals surface area contributed by atoms with Gasteiger partial charge >= 0.3 is 0 Å². The first-order valence-corrected chi connectivity index (χ1v) is 13.7. The zero-order chi connectivity index (χ0) is 27.1. The van der Waals surface area contributed by atoms with E-state index < -0.39 is 10.0 Å². The molecule has 0 aliphatic heterocycles. The van der Waals surface area contributed by atoms with Crippen molar-refractivity contribution in [3.8, 4) is 17.2 Å². The maximum atomic E-state index is 13.4. The minimum Gasteiger partial charge on any atom is -0.496 e. The largest absolute Gasteiger partial charge is 0.496 e. The fourth-order valence-electron chi connectivity index (χ4n) is 4.26. The lowest BCUT2D eigenvalue weighted by Gasteiger charge is -2.25. The standard InChI is InChI=1S/C27H40N2O6S/c1-8-9-10-11-18(20-16-24(34-6)25(35-7)17-23(20)33-5)14-26(30)29-22-15-19(36(28,31)32)12-13-21(22)27(2,3)4/h12-13,15-18H,8-11,14H2,1-7H3,(H,29,30)(H2,28,31,32). The average molecular weight is 521 g/mol. The monoisotopic (exact) mass is 520 g/mol. The Morgan fingerprint density at radius 1 is 0.972 bits per heavy atom. The molecule has 36 heavy (non-hydrogen) atoms. The molecule has 3 N–H and O–H groups in total. The molecule has 0 aliphatic rings. The zero-order valence-corrected chi connectivity index (χ0v) is 23.3. The molecule has 0 spiro atoms. The van der Waals surface area contributed by atoms with Gasteiger partial charge in [0.05, 0.1) is 26.2 Å². The summed E-state index contributed by atoms with van der Waals surface area (Å²) >= 11 is 0. The number of rotatable bonds is 12. The van der Waals surface area contributed by atoms with Crippen LogP contribution in [-0.4, -0.2) is 35.7 Å². The van der Waals surface area contributed by atoms with Crippen molar-refractivity contribution in [2.45, 2.75) is 76.0 Å². The highest BCUT2D eigenvalue weighted by molar-refractivity contribution is 7.89. The van der Waals surface area contributed by atoms with Gasteiger partial charge in [-0.15, -0.1) is 0 Å². The maximum Gasteiger partial charge on any atom is 0.238 e. The molecular formula is C27H40N2O6S. The predicted octanol–water partition coefficient (Wildman–Crippen LogP) is 5.35. The van der Waals surface area contributed by atoms with Gasteiger partial charge in [0.2, 0.25) is 15.9 Å². The molecule has 2 aromatic rings. The number of nitrogens with two attached hydrogens (primary N) is 1. The molecule has 1 unspecified atom stereocenters. The minimum absolute atomic E-state index is 0.0492. The van der Waals surface area contributed by atoms with E-state index in [-0.39, 0.29) is 28.6 Å². The van der Waals surface area contributed by atoms with E-state index in [1.165, 1.54) is 12.1 Å². The summed E-state index contributed by atoms with van der Waals surface area (Å²) in [5, 5.41) is 8.30. The molecule has 0 saturated heterocycles. The van der Waals surface area contributed by atoms with E-state index in [2.05, 4.69) is 12.2 Å². The summed E-state index contributed by atoms with van der Waals surface area (Å²) in [6.45, 7) is 8.12. The van der Waals surface area contributed by atoms with E-state index in [0.29, 0.717) is 22.9 Å². The lowest BCUT2D eigenvalue weighted by molar-refractivity contribution is -0.116. The lowest BCUT2D eigenvalue weighted by Crippen LogP contribution is -2.22. The molecule has 0 heterocycles. The third kappa shape index (κ3) is 7.61. The van der Waals surface area contributed by atoms with Crippen molar-refractivity contribution < 1.29 is 27.4 Å². The molecule has 2 rings (SSSR count). The summed E-state index contributed by atoms with van der Waals surface area (Å²) in [5.74, 6) is 1.35. The van der Waals surface area contributed by atoms with Crippen LogP contribution in [0.1, 0.15) is 76.8 Å². The molecule has 1 atom stereocenters. The first-order chi connectivity index (χ1) is 16.8. The minimum atomic E-state index is -3.92. The number of anilines is 1. The highest BCUT2D eigenvalue weighted by Gasteiger charge is 2.25. The molecular weight excluding hydrogens is 480 g/mol. The predicted molar refractivity (Wildman–Crippen MR) is 143 cm³/mol. The summed E-state index contributed by atoms with van der Waals surface area (Å²) in [4.78, 5) is 13.3. The molecule has 9 heteroatoms. The number of carbonyl (C=O) groups excluding carboxylic acids is 1. The number of nitrogens with one attached hydrogen (secondary N) is 1. The van der Waals surface area contributed by atoms with Gasteiger partial charge in [-0.3, -0.25) is 4.79 Å². The van der Waals surface area contributed by atoms with Gasteiger partial charge in [0.15, 0.2) is 11.5 Å². The Labute approximate surface area is 215 Å². The first-order valence-electron chi connectivity index (χ1n) is 12.1. The van der Waals surface area contributed by atoms with Crippen molar-refractivity contribution in [2.24, 2.45) is 5.14 Å². The third-order valence-electron chi connectivity index (χ3n) is 6.17. The second-order valence-electron chi connectivity index (χ2n) is 9.90. The summed E-state index contributed by atoms with van der Waals surface area (Å²) in [5.41, 5.74) is 1.78. The van der Waals surface area contributed by atoms with E-state index >= 15 is 0 Å². The maximum absolute atomic E-state index is 13.4. The quantitative estimate of drug-likeness (QED) is 0.364. The van der Waals surface area contributed by atoms with Gasteiger partial charge < -0.3 is 19.5 Å². The molecule has 0 aromatic heterocycles. The van der Waals surface area contributed by atoms with Gasteiger partial charge in [-0.25, -0.2) is 13.6 Å². The van der Waals surface area contributed by atoms with Crippen LogP contribution in [0.3, 0.4) is 0 Å². The second-order valence-corrected chi connectivity index (χ2v) is 11.5. The van der Waals surface area contributed by atoms with E-state index in [9.17, 15) is 13.2 Å². The van der Waals surface area contributed by atoms with E-state index in [1.807, 2.05) is 26.8 Å². The van der Waals surface area contributed by atoms with Crippen LogP contribution >= 0.6 is 0 Å². The Morgan fingerprint density at radius 2 is 1.58 bits per heavy atom. The molecule has 0 saturated carbocycles. The zero-order valence-electron chi connectivity index (χ0n) is 22.4. The van der Waals surface area contributed by atoms with E-state index in [0.717, 1.165) is 36.8 Å². The smallest absolute Gasteiger partial charge is 0.238 e. The van der Waals surface area contributed by atoms with Crippen LogP contribution in [-0.2, 0) is 20.2 Å². The van der Waals surface area contributed by atoms with Gasteiger partial charge in [-0.2, -0.15) is 0 Å². The van der Waals surface area contributed by atoms with Crippen molar-refractivity contribution in [1.29, 1.82) is 0 Å². The Balaban J connectivity index is 2.46. The van der Waals surface area contributed by atoms with Crippen LogP contribution in [0.25, 0.3) is 0 Å². The average Bonchev–Trinajstić information content (AvgIpc) is 2.81. The molecule has 0 aliphatic carbocycles. The number of methoxy groups -OCH3 is 3. The molecule has 0 radical (unpaired) electrons. The first kappa shape index (κ1) is 29.5. The normalized spacial score (nSPS) is 12.7. The fraction of sp³-hybridized carbons (Fsp3) is 0.519. The highest BCUT2D eigenvalue weighted by atomic mass is 32.2. The van der Waals surface area contributed by atoms with Crippen LogP contribution in [0.15, 0.2) is 35.2 Å². The van der Waals surface area contributed by atoms with Crippen molar-refractivity contribution >= 4 is 21.6 Å². The number of hydrogen-bond donors (Lipinski definition) is 2. The van der Waals surface area contributed by atoms with Crippen LogP contribution < -0.4 is 24.7 Å². The van der Waals surface area contributed by atoms with Crippen LogP contribution in [0.5, 0.6) is 17.2 Å². The molecule has 200 valence electrons. The number of unbranched alkanes of at least 4 members (excludes halogenated alkanes) is 2. The number of primary sulfonamides is 1. The number of benzene rings is 2. The summed E-state index contributed by atoms with van der Waals surface area (Å²) < 4.78 is 40.5. The van der Waals surface area contributed by atoms with Crippen molar-refractivity contribution in [2.75, 3.05) is 26.6 Å². The molecule has 2 aromatic carbocycles. The van der Waals surface area contributed by atoms with Crippen molar-refractivity contribution in [3.05, 3.63) is 41.5 Å². The van der Waals surface area contributed by atoms with Crippen LogP contribution in [0, 0.1) is 0 Å². The molecule has 8 nitrogen and oxygen atoms in total. The van der Waals surface area contributed by atoms with Gasteiger partial charge in [-0.05, 0) is 41.5 Å². The SMILES string of the molecule is CCCCCC(CC(=O)Nc1cc(S(N)(=O)=O)ccc1C(C)(C)C)c1cc(OC)c(OC)cc1OC. The Kier molecular flexibility index (Phi) is 10.2. The van der Waals surface area contributed by atoms with Gasteiger partial charge in [0.25, 0.3) is 0 Å².